The number of ether oxygens (including phenoxy) is 3. The summed E-state index contributed by atoms with van der Waals surface area (Å²) >= 11 is 0. The van der Waals surface area contributed by atoms with Gasteiger partial charge in [0.15, 0.2) is 11.5 Å². The monoisotopic (exact) mass is 535 g/mol. The van der Waals surface area contributed by atoms with Crippen molar-refractivity contribution in [3.63, 3.8) is 0 Å². The Morgan fingerprint density at radius 2 is 1.58 bits per heavy atom. The fraction of sp³-hybridized carbons (Fsp3) is 0.200. The molecule has 3 aliphatic rings. The lowest BCUT2D eigenvalue weighted by Gasteiger charge is -2.17. The molecule has 3 aromatic carbocycles. The molecule has 0 fully saturated rings. The molecule has 7 nitrogen and oxygen atoms in total. The van der Waals surface area contributed by atoms with Gasteiger partial charge in [0.2, 0.25) is 0 Å². The van der Waals surface area contributed by atoms with Crippen molar-refractivity contribution in [1.82, 2.24) is 5.01 Å². The summed E-state index contributed by atoms with van der Waals surface area (Å²) in [5.74, 6) is -6.19. The molecule has 3 aromatic rings. The zero-order valence-electron chi connectivity index (χ0n) is 18.9. The maximum absolute atomic E-state index is 14.1. The molecule has 1 atom stereocenters. The van der Waals surface area contributed by atoms with E-state index in [-0.39, 0.29) is 23.7 Å². The highest BCUT2D eigenvalue weighted by Crippen LogP contribution is 2.54. The molecule has 0 spiro atoms. The van der Waals surface area contributed by atoms with Crippen LogP contribution in [0.25, 0.3) is 0 Å². The Hall–Kier alpha value is -4.42. The van der Waals surface area contributed by atoms with Crippen LogP contribution in [0.2, 0.25) is 0 Å². The maximum Gasteiger partial charge on any atom is 0.586 e. The summed E-state index contributed by atoms with van der Waals surface area (Å²) < 4.78 is 95.3. The second kappa shape index (κ2) is 8.04. The Kier molecular flexibility index (Phi) is 5.07. The van der Waals surface area contributed by atoms with Gasteiger partial charge in [-0.2, -0.15) is 22.7 Å². The average Bonchev–Trinajstić information content (AvgIpc) is 3.49. The minimum atomic E-state index is -4.72. The van der Waals surface area contributed by atoms with E-state index in [1.54, 1.807) is 30.3 Å². The van der Waals surface area contributed by atoms with Crippen LogP contribution in [-0.2, 0) is 5.92 Å². The summed E-state index contributed by atoms with van der Waals surface area (Å²) in [5, 5.41) is 7.79. The van der Waals surface area contributed by atoms with Crippen molar-refractivity contribution < 1.29 is 45.3 Å². The fourth-order valence-electron chi connectivity index (χ4n) is 4.43. The highest BCUT2D eigenvalue weighted by Gasteiger charge is 2.66. The van der Waals surface area contributed by atoms with E-state index in [2.05, 4.69) is 24.6 Å². The molecule has 1 N–H and O–H groups in total. The number of alkyl halides is 6. The molecule has 196 valence electrons. The molecule has 2 amide bonds. The summed E-state index contributed by atoms with van der Waals surface area (Å²) in [6.45, 7) is -0.0472. The van der Waals surface area contributed by atoms with Crippen LogP contribution in [0.15, 0.2) is 71.8 Å². The molecular formula is C25H15F6N3O4. The number of carbonyl (C=O) groups is 1. The summed E-state index contributed by atoms with van der Waals surface area (Å²) in [5.41, 5.74) is 0.331. The molecular weight excluding hydrogens is 520 g/mol. The third kappa shape index (κ3) is 3.85. The van der Waals surface area contributed by atoms with Gasteiger partial charge in [-0.3, -0.25) is 0 Å². The summed E-state index contributed by atoms with van der Waals surface area (Å²) in [7, 11) is 0. The Labute approximate surface area is 210 Å². The summed E-state index contributed by atoms with van der Waals surface area (Å²) in [6.07, 6.45) is -8.52. The number of carbonyl (C=O) groups excluding carboxylic acids is 1. The van der Waals surface area contributed by atoms with Gasteiger partial charge in [0.1, 0.15) is 5.75 Å². The highest BCUT2D eigenvalue weighted by atomic mass is 19.3. The normalized spacial score (nSPS) is 21.5. The molecule has 0 aliphatic carbocycles. The third-order valence-electron chi connectivity index (χ3n) is 6.22. The largest absolute Gasteiger partial charge is 0.586 e. The van der Waals surface area contributed by atoms with Crippen LogP contribution >= 0.6 is 0 Å². The number of anilines is 1. The van der Waals surface area contributed by atoms with Crippen LogP contribution in [0.1, 0.15) is 22.6 Å². The van der Waals surface area contributed by atoms with Gasteiger partial charge in [-0.1, -0.05) is 36.4 Å². The fourth-order valence-corrected chi connectivity index (χ4v) is 4.43. The van der Waals surface area contributed by atoms with Crippen molar-refractivity contribution >= 4 is 17.4 Å². The Morgan fingerprint density at radius 1 is 0.868 bits per heavy atom. The maximum atomic E-state index is 14.1. The Balaban J connectivity index is 1.28. The van der Waals surface area contributed by atoms with Gasteiger partial charge < -0.3 is 19.5 Å². The van der Waals surface area contributed by atoms with Gasteiger partial charge in [0.25, 0.3) is 0 Å². The number of hydrazone groups is 1. The molecule has 38 heavy (non-hydrogen) atoms. The number of rotatable bonds is 3. The first-order valence-corrected chi connectivity index (χ1v) is 11.1. The van der Waals surface area contributed by atoms with Gasteiger partial charge in [-0.15, -0.1) is 8.78 Å². The molecule has 0 aromatic heterocycles. The smallest absolute Gasteiger partial charge is 0.427 e. The SMILES string of the molecule is O=C(Nc1ccc2c(c1)C(F)(F)C(F)(F)O2)N1CC(c2ccc3c(c2)OC(F)(F)O3)C(c2ccccc2)=N1. The molecule has 1 unspecified atom stereocenters. The van der Waals surface area contributed by atoms with Gasteiger partial charge in [-0.25, -0.2) is 9.80 Å². The number of halogens is 6. The van der Waals surface area contributed by atoms with Crippen molar-refractivity contribution in [2.24, 2.45) is 5.10 Å². The second-order valence-corrected chi connectivity index (χ2v) is 8.69. The first-order chi connectivity index (χ1) is 17.9. The molecule has 0 bridgehead atoms. The van der Waals surface area contributed by atoms with Crippen LogP contribution in [0.4, 0.5) is 36.8 Å². The van der Waals surface area contributed by atoms with E-state index in [4.69, 9.17) is 0 Å². The topological polar surface area (TPSA) is 72.4 Å². The third-order valence-corrected chi connectivity index (χ3v) is 6.22. The van der Waals surface area contributed by atoms with Crippen LogP contribution in [0.3, 0.4) is 0 Å². The van der Waals surface area contributed by atoms with Gasteiger partial charge >= 0.3 is 24.4 Å². The van der Waals surface area contributed by atoms with Gasteiger partial charge in [0, 0.05) is 11.6 Å². The zero-order chi connectivity index (χ0) is 26.9. The van der Waals surface area contributed by atoms with Crippen LogP contribution in [-0.4, -0.2) is 35.7 Å². The molecule has 3 heterocycles. The predicted molar refractivity (Wildman–Crippen MR) is 120 cm³/mol. The van der Waals surface area contributed by atoms with Crippen molar-refractivity contribution in [3.05, 3.63) is 83.4 Å². The van der Waals surface area contributed by atoms with Crippen molar-refractivity contribution in [2.45, 2.75) is 24.2 Å². The lowest BCUT2D eigenvalue weighted by molar-refractivity contribution is -0.296. The lowest BCUT2D eigenvalue weighted by atomic mass is 9.90. The van der Waals surface area contributed by atoms with Crippen LogP contribution < -0.4 is 19.5 Å². The zero-order valence-corrected chi connectivity index (χ0v) is 18.9. The number of hydrogen-bond donors (Lipinski definition) is 1. The number of amides is 2. The number of urea groups is 1. The molecule has 3 aliphatic heterocycles. The molecule has 0 radical (unpaired) electrons. The van der Waals surface area contributed by atoms with Crippen molar-refractivity contribution in [3.8, 4) is 17.2 Å². The quantitative estimate of drug-likeness (QED) is 0.411. The number of hydrogen-bond acceptors (Lipinski definition) is 5. The molecule has 13 heteroatoms. The van der Waals surface area contributed by atoms with E-state index in [1.807, 2.05) is 0 Å². The van der Waals surface area contributed by atoms with Crippen LogP contribution in [0, 0.1) is 0 Å². The summed E-state index contributed by atoms with van der Waals surface area (Å²) in [4.78, 5) is 13.0. The molecule has 0 saturated heterocycles. The van der Waals surface area contributed by atoms with E-state index >= 15 is 0 Å². The average molecular weight is 535 g/mol. The predicted octanol–water partition coefficient (Wildman–Crippen LogP) is 6.12. The summed E-state index contributed by atoms with van der Waals surface area (Å²) in [6, 6.07) is 14.9. The lowest BCUT2D eigenvalue weighted by Crippen LogP contribution is -2.37. The van der Waals surface area contributed by atoms with Gasteiger partial charge in [0.05, 0.1) is 17.8 Å². The molecule has 6 rings (SSSR count). The second-order valence-electron chi connectivity index (χ2n) is 8.69. The minimum Gasteiger partial charge on any atom is -0.427 e. The standard InChI is InChI=1S/C25H15F6N3O4/c26-23(27)17-11-15(7-9-18(17)36-24(23,28)29)32-22(35)34-12-16(21(33-34)13-4-2-1-3-5-13)14-6-8-19-20(10-14)38-25(30,31)37-19/h1-11,16H,12H2,(H,32,35). The Bertz CT molecular complexity index is 1480. The number of nitrogens with zero attached hydrogens (tertiary/aromatic N) is 2. The minimum absolute atomic E-state index is 0.0472. The van der Waals surface area contributed by atoms with Crippen LogP contribution in [0.5, 0.6) is 17.2 Å². The highest BCUT2D eigenvalue weighted by molar-refractivity contribution is 6.08. The van der Waals surface area contributed by atoms with Crippen molar-refractivity contribution in [1.29, 1.82) is 0 Å². The van der Waals surface area contributed by atoms with E-state index in [0.717, 1.165) is 17.1 Å². The number of nitrogens with one attached hydrogen (secondary N) is 1. The van der Waals surface area contributed by atoms with E-state index in [1.165, 1.54) is 18.2 Å². The van der Waals surface area contributed by atoms with E-state index in [0.29, 0.717) is 22.9 Å². The van der Waals surface area contributed by atoms with E-state index in [9.17, 15) is 31.1 Å². The molecule has 0 saturated carbocycles. The van der Waals surface area contributed by atoms with E-state index < -0.39 is 41.6 Å². The number of benzene rings is 3. The van der Waals surface area contributed by atoms with Crippen molar-refractivity contribution in [2.75, 3.05) is 11.9 Å². The first kappa shape index (κ1) is 23.9. The van der Waals surface area contributed by atoms with Gasteiger partial charge in [-0.05, 0) is 41.5 Å². The first-order valence-electron chi connectivity index (χ1n) is 11.1. The number of fused-ring (bicyclic) bond motifs is 2. The Morgan fingerprint density at radius 3 is 2.34 bits per heavy atom.